The molecule has 2 heterocycles. The van der Waals surface area contributed by atoms with E-state index in [2.05, 4.69) is 15.3 Å². The Morgan fingerprint density at radius 1 is 1.24 bits per heavy atom. The van der Waals surface area contributed by atoms with E-state index < -0.39 is 58.9 Å². The van der Waals surface area contributed by atoms with Gasteiger partial charge in [-0.2, -0.15) is 17.6 Å². The van der Waals surface area contributed by atoms with Gasteiger partial charge in [0.15, 0.2) is 17.2 Å². The SMILES string of the molecule is COc1c([C@H]2[C@@H](C)[C@](C)(C(F)(F)F)O[C@H]2C(=O)Nc2cc(C(N)=O)ncn2)ccc(F)c1F. The van der Waals surface area contributed by atoms with Gasteiger partial charge in [-0.1, -0.05) is 13.0 Å². The minimum absolute atomic E-state index is 0.183. The Hall–Kier alpha value is -3.35. The fraction of sp³-hybridized carbons (Fsp3) is 0.400. The maximum absolute atomic E-state index is 14.3. The second-order valence-electron chi connectivity index (χ2n) is 7.58. The Kier molecular flexibility index (Phi) is 6.29. The zero-order valence-electron chi connectivity index (χ0n) is 17.5. The quantitative estimate of drug-likeness (QED) is 0.644. The summed E-state index contributed by atoms with van der Waals surface area (Å²) in [5, 5.41) is 2.25. The Morgan fingerprint density at radius 3 is 2.48 bits per heavy atom. The van der Waals surface area contributed by atoms with Crippen molar-refractivity contribution in [2.75, 3.05) is 12.4 Å². The lowest BCUT2D eigenvalue weighted by molar-refractivity contribution is -0.272. The van der Waals surface area contributed by atoms with Crippen LogP contribution in [0.25, 0.3) is 0 Å². The van der Waals surface area contributed by atoms with Gasteiger partial charge in [0.25, 0.3) is 11.8 Å². The molecule has 178 valence electrons. The van der Waals surface area contributed by atoms with Gasteiger partial charge in [0.1, 0.15) is 23.9 Å². The van der Waals surface area contributed by atoms with Crippen LogP contribution in [-0.4, -0.2) is 46.8 Å². The molecular weight excluding hydrogens is 455 g/mol. The van der Waals surface area contributed by atoms with Crippen molar-refractivity contribution in [1.29, 1.82) is 0 Å². The number of benzene rings is 1. The largest absolute Gasteiger partial charge is 0.493 e. The minimum Gasteiger partial charge on any atom is -0.493 e. The van der Waals surface area contributed by atoms with E-state index in [9.17, 15) is 31.5 Å². The maximum Gasteiger partial charge on any atom is 0.417 e. The summed E-state index contributed by atoms with van der Waals surface area (Å²) < 4.78 is 80.0. The van der Waals surface area contributed by atoms with Crippen LogP contribution in [0.4, 0.5) is 27.8 Å². The van der Waals surface area contributed by atoms with Gasteiger partial charge in [0.2, 0.25) is 5.82 Å². The Balaban J connectivity index is 2.07. The van der Waals surface area contributed by atoms with Crippen LogP contribution in [0.5, 0.6) is 5.75 Å². The third-order valence-electron chi connectivity index (χ3n) is 5.74. The van der Waals surface area contributed by atoms with E-state index in [-0.39, 0.29) is 17.1 Å². The molecule has 2 aromatic rings. The van der Waals surface area contributed by atoms with Gasteiger partial charge in [0.05, 0.1) is 7.11 Å². The Morgan fingerprint density at radius 2 is 1.91 bits per heavy atom. The number of anilines is 1. The second kappa shape index (κ2) is 8.54. The number of nitrogens with two attached hydrogens (primary N) is 1. The van der Waals surface area contributed by atoms with E-state index >= 15 is 0 Å². The third-order valence-corrected chi connectivity index (χ3v) is 5.74. The molecule has 1 saturated heterocycles. The number of methoxy groups -OCH3 is 1. The number of hydrogen-bond acceptors (Lipinski definition) is 6. The van der Waals surface area contributed by atoms with Crippen molar-refractivity contribution >= 4 is 17.6 Å². The van der Waals surface area contributed by atoms with Crippen LogP contribution < -0.4 is 15.8 Å². The van der Waals surface area contributed by atoms with Crippen LogP contribution in [0.2, 0.25) is 0 Å². The highest BCUT2D eigenvalue weighted by molar-refractivity contribution is 5.96. The molecule has 1 aliphatic heterocycles. The van der Waals surface area contributed by atoms with Crippen molar-refractivity contribution < 1.29 is 41.0 Å². The van der Waals surface area contributed by atoms with Crippen LogP contribution in [-0.2, 0) is 9.53 Å². The van der Waals surface area contributed by atoms with Gasteiger partial charge in [-0.15, -0.1) is 0 Å². The van der Waals surface area contributed by atoms with Crippen LogP contribution in [0.15, 0.2) is 24.5 Å². The van der Waals surface area contributed by atoms with Crippen molar-refractivity contribution in [2.45, 2.75) is 37.6 Å². The number of carbonyl (C=O) groups is 2. The minimum atomic E-state index is -4.90. The standard InChI is InChI=1S/C20H19F5N4O4/c1-8-13(9-4-5-10(21)14(22)15(9)32-3)16(33-19(8,2)20(23,24)25)18(31)29-12-6-11(17(26)30)27-7-28-12/h4-8,13,16H,1-3H3,(H2,26,30)(H,27,28,29,31)/t8-,13-,16-,19-/m1/s1. The van der Waals surface area contributed by atoms with Crippen LogP contribution in [0, 0.1) is 17.6 Å². The number of aromatic nitrogens is 2. The van der Waals surface area contributed by atoms with Crippen LogP contribution >= 0.6 is 0 Å². The highest BCUT2D eigenvalue weighted by Gasteiger charge is 2.65. The van der Waals surface area contributed by atoms with Crippen molar-refractivity contribution in [3.8, 4) is 5.75 Å². The molecule has 0 aliphatic carbocycles. The highest BCUT2D eigenvalue weighted by Crippen LogP contribution is 2.54. The monoisotopic (exact) mass is 474 g/mol. The van der Waals surface area contributed by atoms with Crippen LogP contribution in [0.3, 0.4) is 0 Å². The average Bonchev–Trinajstić information content (AvgIpc) is 3.02. The molecule has 1 aliphatic rings. The Labute approximate surface area is 184 Å². The number of amides is 2. The first-order chi connectivity index (χ1) is 15.3. The molecule has 0 radical (unpaired) electrons. The first kappa shape index (κ1) is 24.3. The fourth-order valence-electron chi connectivity index (χ4n) is 3.80. The number of rotatable bonds is 5. The number of nitrogens with one attached hydrogen (secondary N) is 1. The smallest absolute Gasteiger partial charge is 0.417 e. The van der Waals surface area contributed by atoms with Gasteiger partial charge in [0, 0.05) is 23.5 Å². The zero-order valence-corrected chi connectivity index (χ0v) is 17.5. The average molecular weight is 474 g/mol. The van der Waals surface area contributed by atoms with E-state index in [0.29, 0.717) is 0 Å². The number of hydrogen-bond donors (Lipinski definition) is 2. The van der Waals surface area contributed by atoms with Gasteiger partial charge in [-0.3, -0.25) is 9.59 Å². The number of nitrogens with zero attached hydrogens (tertiary/aromatic N) is 2. The molecule has 1 fully saturated rings. The Bertz CT molecular complexity index is 1100. The lowest BCUT2D eigenvalue weighted by Crippen LogP contribution is -2.47. The molecule has 3 N–H and O–H groups in total. The third kappa shape index (κ3) is 4.19. The van der Waals surface area contributed by atoms with Crippen LogP contribution in [0.1, 0.15) is 35.8 Å². The molecule has 33 heavy (non-hydrogen) atoms. The summed E-state index contributed by atoms with van der Waals surface area (Å²) in [7, 11) is 1.02. The van der Waals surface area contributed by atoms with Gasteiger partial charge in [-0.05, 0) is 13.0 Å². The molecular formula is C20H19F5N4O4. The summed E-state index contributed by atoms with van der Waals surface area (Å²) in [6.07, 6.45) is -5.79. The summed E-state index contributed by atoms with van der Waals surface area (Å²) in [6.45, 7) is 1.95. The molecule has 8 nitrogen and oxygen atoms in total. The number of primary amides is 1. The maximum atomic E-state index is 14.3. The molecule has 2 amide bonds. The molecule has 1 aromatic carbocycles. The molecule has 13 heteroatoms. The van der Waals surface area contributed by atoms with E-state index in [1.807, 2.05) is 0 Å². The lowest BCUT2D eigenvalue weighted by Gasteiger charge is -2.32. The van der Waals surface area contributed by atoms with E-state index in [1.165, 1.54) is 6.92 Å². The van der Waals surface area contributed by atoms with Crippen molar-refractivity contribution in [2.24, 2.45) is 11.7 Å². The summed E-state index contributed by atoms with van der Waals surface area (Å²) in [6, 6.07) is 2.79. The molecule has 0 spiro atoms. The van der Waals surface area contributed by atoms with E-state index in [1.54, 1.807) is 0 Å². The first-order valence-electron chi connectivity index (χ1n) is 9.51. The molecule has 0 unspecified atom stereocenters. The summed E-state index contributed by atoms with van der Waals surface area (Å²) >= 11 is 0. The summed E-state index contributed by atoms with van der Waals surface area (Å²) in [5.74, 6) is -8.36. The molecule has 0 bridgehead atoms. The van der Waals surface area contributed by atoms with E-state index in [0.717, 1.165) is 38.6 Å². The molecule has 1 aromatic heterocycles. The van der Waals surface area contributed by atoms with Crippen molar-refractivity contribution in [3.63, 3.8) is 0 Å². The predicted octanol–water partition coefficient (Wildman–Crippen LogP) is 2.94. The van der Waals surface area contributed by atoms with Gasteiger partial charge >= 0.3 is 6.18 Å². The molecule has 0 saturated carbocycles. The second-order valence-corrected chi connectivity index (χ2v) is 7.58. The normalized spacial score (nSPS) is 25.0. The van der Waals surface area contributed by atoms with E-state index in [4.69, 9.17) is 15.2 Å². The predicted molar refractivity (Wildman–Crippen MR) is 103 cm³/mol. The summed E-state index contributed by atoms with van der Waals surface area (Å²) in [5.41, 5.74) is 1.88. The lowest BCUT2D eigenvalue weighted by atomic mass is 9.77. The van der Waals surface area contributed by atoms with Gasteiger partial charge < -0.3 is 20.5 Å². The first-order valence-corrected chi connectivity index (χ1v) is 9.51. The summed E-state index contributed by atoms with van der Waals surface area (Å²) in [4.78, 5) is 31.6. The topological polar surface area (TPSA) is 116 Å². The fourth-order valence-corrected chi connectivity index (χ4v) is 3.80. The molecule has 3 rings (SSSR count). The van der Waals surface area contributed by atoms with Crippen molar-refractivity contribution in [1.82, 2.24) is 9.97 Å². The highest BCUT2D eigenvalue weighted by atomic mass is 19.4. The van der Waals surface area contributed by atoms with Gasteiger partial charge in [-0.25, -0.2) is 14.4 Å². The number of alkyl halides is 3. The molecule has 4 atom stereocenters. The number of ether oxygens (including phenoxy) is 2. The number of halogens is 5. The zero-order chi connectivity index (χ0) is 24.7. The number of carbonyl (C=O) groups excluding carboxylic acids is 2. The van der Waals surface area contributed by atoms with Crippen molar-refractivity contribution in [3.05, 3.63) is 47.4 Å².